The third-order valence-corrected chi connectivity index (χ3v) is 3.55. The van der Waals surface area contributed by atoms with Crippen LogP contribution in [0.1, 0.15) is 18.7 Å². The maximum Gasteiger partial charge on any atom is 0.195 e. The van der Waals surface area contributed by atoms with E-state index in [1.54, 1.807) is 0 Å². The highest BCUT2D eigenvalue weighted by Crippen LogP contribution is 2.23. The zero-order chi connectivity index (χ0) is 11.7. The molecule has 1 N–H and O–H groups in total. The first-order valence-electron chi connectivity index (χ1n) is 6.07. The van der Waals surface area contributed by atoms with Gasteiger partial charge in [0.15, 0.2) is 11.5 Å². The van der Waals surface area contributed by atoms with Crippen LogP contribution >= 0.6 is 11.6 Å². The van der Waals surface area contributed by atoms with E-state index < -0.39 is 0 Å². The molecule has 0 amide bonds. The van der Waals surface area contributed by atoms with Crippen molar-refractivity contribution in [1.82, 2.24) is 10.3 Å². The molecule has 0 unspecified atom stereocenters. The van der Waals surface area contributed by atoms with Gasteiger partial charge in [0.1, 0.15) is 5.52 Å². The highest BCUT2D eigenvalue weighted by atomic mass is 35.5. The molecule has 4 heteroatoms. The van der Waals surface area contributed by atoms with Crippen molar-refractivity contribution in [2.24, 2.45) is 5.92 Å². The molecule has 3 nitrogen and oxygen atoms in total. The Morgan fingerprint density at radius 1 is 1.35 bits per heavy atom. The van der Waals surface area contributed by atoms with Crippen molar-refractivity contribution in [2.75, 3.05) is 13.1 Å². The smallest absolute Gasteiger partial charge is 0.195 e. The Hall–Kier alpha value is -1.06. The van der Waals surface area contributed by atoms with Crippen LogP contribution in [0.4, 0.5) is 0 Å². The maximum atomic E-state index is 5.93. The molecule has 3 rings (SSSR count). The summed E-state index contributed by atoms with van der Waals surface area (Å²) < 4.78 is 5.74. The molecule has 0 spiro atoms. The summed E-state index contributed by atoms with van der Waals surface area (Å²) in [4.78, 5) is 4.50. The van der Waals surface area contributed by atoms with Crippen molar-refractivity contribution >= 4 is 22.7 Å². The summed E-state index contributed by atoms with van der Waals surface area (Å²) in [6.07, 6.45) is 3.35. The van der Waals surface area contributed by atoms with E-state index in [-0.39, 0.29) is 0 Å². The van der Waals surface area contributed by atoms with Crippen LogP contribution in [0.2, 0.25) is 5.02 Å². The van der Waals surface area contributed by atoms with Crippen LogP contribution in [0, 0.1) is 5.92 Å². The van der Waals surface area contributed by atoms with Crippen LogP contribution in [-0.4, -0.2) is 18.1 Å². The number of aromatic nitrogens is 1. The Morgan fingerprint density at radius 3 is 3.00 bits per heavy atom. The molecule has 0 saturated carbocycles. The second-order valence-corrected chi connectivity index (χ2v) is 5.05. The highest BCUT2D eigenvalue weighted by Gasteiger charge is 2.16. The molecule has 1 aromatic carbocycles. The molecule has 2 heterocycles. The van der Waals surface area contributed by atoms with Crippen molar-refractivity contribution in [1.29, 1.82) is 0 Å². The Bertz CT molecular complexity index is 517. The number of halogens is 1. The first-order valence-corrected chi connectivity index (χ1v) is 6.45. The molecule has 1 saturated heterocycles. The van der Waals surface area contributed by atoms with Crippen molar-refractivity contribution in [3.8, 4) is 0 Å². The molecule has 90 valence electrons. The Kier molecular flexibility index (Phi) is 3.04. The number of rotatable bonds is 2. The summed E-state index contributed by atoms with van der Waals surface area (Å²) in [5.41, 5.74) is 1.69. The maximum absolute atomic E-state index is 5.93. The van der Waals surface area contributed by atoms with Gasteiger partial charge in [-0.05, 0) is 50.0 Å². The van der Waals surface area contributed by atoms with Gasteiger partial charge in [0.05, 0.1) is 0 Å². The van der Waals surface area contributed by atoms with E-state index in [0.29, 0.717) is 10.9 Å². The predicted molar refractivity (Wildman–Crippen MR) is 68.3 cm³/mol. The number of nitrogens with zero attached hydrogens (tertiary/aromatic N) is 1. The minimum Gasteiger partial charge on any atom is -0.441 e. The number of hydrogen-bond donors (Lipinski definition) is 1. The first-order chi connectivity index (χ1) is 8.31. The number of hydrogen-bond acceptors (Lipinski definition) is 3. The second-order valence-electron chi connectivity index (χ2n) is 4.62. The third kappa shape index (κ3) is 2.45. The van der Waals surface area contributed by atoms with Crippen LogP contribution in [0.25, 0.3) is 11.1 Å². The Morgan fingerprint density at radius 2 is 2.18 bits per heavy atom. The summed E-state index contributed by atoms with van der Waals surface area (Å²) in [6.45, 7) is 2.22. The van der Waals surface area contributed by atoms with Crippen LogP contribution < -0.4 is 5.32 Å². The van der Waals surface area contributed by atoms with Gasteiger partial charge in [-0.3, -0.25) is 0 Å². The molecule has 1 aliphatic rings. The standard InChI is InChI=1S/C13H15ClN2O/c14-10-1-2-12-11(8-10)16-13(17-12)7-9-3-5-15-6-4-9/h1-2,8-9,15H,3-7H2. The Labute approximate surface area is 105 Å². The fourth-order valence-corrected chi connectivity index (χ4v) is 2.53. The molecule has 17 heavy (non-hydrogen) atoms. The summed E-state index contributed by atoms with van der Waals surface area (Å²) in [5, 5.41) is 4.07. The van der Waals surface area contributed by atoms with Crippen LogP contribution in [0.15, 0.2) is 22.6 Å². The van der Waals surface area contributed by atoms with Crippen LogP contribution in [0.3, 0.4) is 0 Å². The van der Waals surface area contributed by atoms with Gasteiger partial charge in [-0.25, -0.2) is 4.98 Å². The van der Waals surface area contributed by atoms with Crippen LogP contribution in [0.5, 0.6) is 0 Å². The normalized spacial score (nSPS) is 17.7. The zero-order valence-corrected chi connectivity index (χ0v) is 10.3. The van der Waals surface area contributed by atoms with Gasteiger partial charge in [-0.1, -0.05) is 11.6 Å². The minimum atomic E-state index is 0.694. The summed E-state index contributed by atoms with van der Waals surface area (Å²) in [6, 6.07) is 5.58. The predicted octanol–water partition coefficient (Wildman–Crippen LogP) is 3.02. The lowest BCUT2D eigenvalue weighted by atomic mass is 9.95. The largest absolute Gasteiger partial charge is 0.441 e. The van der Waals surface area contributed by atoms with Gasteiger partial charge < -0.3 is 9.73 Å². The van der Waals surface area contributed by atoms with Crippen molar-refractivity contribution in [3.05, 3.63) is 29.1 Å². The fraction of sp³-hybridized carbons (Fsp3) is 0.462. The number of oxazole rings is 1. The van der Waals surface area contributed by atoms with Gasteiger partial charge >= 0.3 is 0 Å². The first kappa shape index (κ1) is 11.1. The SMILES string of the molecule is Clc1ccc2oc(CC3CCNCC3)nc2c1. The molecule has 0 radical (unpaired) electrons. The third-order valence-electron chi connectivity index (χ3n) is 3.32. The molecule has 0 bridgehead atoms. The number of fused-ring (bicyclic) bond motifs is 1. The molecule has 1 fully saturated rings. The molecule has 0 aliphatic carbocycles. The fourth-order valence-electron chi connectivity index (χ4n) is 2.37. The lowest BCUT2D eigenvalue weighted by Gasteiger charge is -2.20. The average molecular weight is 251 g/mol. The highest BCUT2D eigenvalue weighted by molar-refractivity contribution is 6.31. The number of benzene rings is 1. The topological polar surface area (TPSA) is 38.1 Å². The average Bonchev–Trinajstić information content (AvgIpc) is 2.71. The minimum absolute atomic E-state index is 0.694. The molecule has 1 aromatic heterocycles. The lowest BCUT2D eigenvalue weighted by Crippen LogP contribution is -2.28. The monoisotopic (exact) mass is 250 g/mol. The van der Waals surface area contributed by atoms with Gasteiger partial charge in [0.25, 0.3) is 0 Å². The quantitative estimate of drug-likeness (QED) is 0.890. The summed E-state index contributed by atoms with van der Waals surface area (Å²) in [7, 11) is 0. The van der Waals surface area contributed by atoms with Gasteiger partial charge in [-0.2, -0.15) is 0 Å². The van der Waals surface area contributed by atoms with E-state index in [4.69, 9.17) is 16.0 Å². The van der Waals surface area contributed by atoms with Crippen molar-refractivity contribution in [3.63, 3.8) is 0 Å². The molecular weight excluding hydrogens is 236 g/mol. The van der Waals surface area contributed by atoms with Gasteiger partial charge in [-0.15, -0.1) is 0 Å². The van der Waals surface area contributed by atoms with E-state index in [1.165, 1.54) is 12.8 Å². The van der Waals surface area contributed by atoms with Gasteiger partial charge in [0.2, 0.25) is 0 Å². The van der Waals surface area contributed by atoms with E-state index in [1.807, 2.05) is 18.2 Å². The molecular formula is C13H15ClN2O. The second kappa shape index (κ2) is 4.67. The molecule has 1 aliphatic heterocycles. The summed E-state index contributed by atoms with van der Waals surface area (Å²) in [5.74, 6) is 1.54. The molecule has 2 aromatic rings. The van der Waals surface area contributed by atoms with Crippen molar-refractivity contribution < 1.29 is 4.42 Å². The number of nitrogens with one attached hydrogen (secondary N) is 1. The zero-order valence-electron chi connectivity index (χ0n) is 9.58. The van der Waals surface area contributed by atoms with E-state index in [2.05, 4.69) is 10.3 Å². The Balaban J connectivity index is 1.80. The number of piperidine rings is 1. The lowest BCUT2D eigenvalue weighted by molar-refractivity contribution is 0.346. The summed E-state index contributed by atoms with van der Waals surface area (Å²) >= 11 is 5.93. The van der Waals surface area contributed by atoms with Gasteiger partial charge in [0, 0.05) is 11.4 Å². The van der Waals surface area contributed by atoms with E-state index in [9.17, 15) is 0 Å². The van der Waals surface area contributed by atoms with Crippen molar-refractivity contribution in [2.45, 2.75) is 19.3 Å². The van der Waals surface area contributed by atoms with E-state index in [0.717, 1.165) is 36.5 Å². The molecule has 0 atom stereocenters. The van der Waals surface area contributed by atoms with Crippen LogP contribution in [-0.2, 0) is 6.42 Å². The van der Waals surface area contributed by atoms with E-state index >= 15 is 0 Å².